The minimum absolute atomic E-state index is 0.568. The van der Waals surface area contributed by atoms with E-state index in [1.165, 1.54) is 0 Å². The van der Waals surface area contributed by atoms with E-state index in [1.54, 1.807) is 7.11 Å². The number of rotatable bonds is 5. The van der Waals surface area contributed by atoms with E-state index in [0.29, 0.717) is 12.4 Å². The lowest BCUT2D eigenvalue weighted by Crippen LogP contribution is -2.32. The number of nitrogens with zero attached hydrogens (tertiary/aromatic N) is 2. The van der Waals surface area contributed by atoms with E-state index < -0.39 is 5.41 Å². The minimum atomic E-state index is -0.568. The average Bonchev–Trinajstić information content (AvgIpc) is 2.52. The Hall–Kier alpha value is -2.12. The van der Waals surface area contributed by atoms with Crippen LogP contribution in [0.25, 0.3) is 10.9 Å². The van der Waals surface area contributed by atoms with Gasteiger partial charge in [0.2, 0.25) is 5.88 Å². The zero-order valence-electron chi connectivity index (χ0n) is 13.0. The molecule has 0 aliphatic rings. The second-order valence-corrected chi connectivity index (χ2v) is 5.39. The van der Waals surface area contributed by atoms with Gasteiger partial charge in [0.25, 0.3) is 0 Å². The van der Waals surface area contributed by atoms with Crippen molar-refractivity contribution in [2.24, 2.45) is 0 Å². The molecule has 0 saturated carbocycles. The molecule has 21 heavy (non-hydrogen) atoms. The van der Waals surface area contributed by atoms with Crippen LogP contribution in [0.5, 0.6) is 5.88 Å². The second kappa shape index (κ2) is 6.11. The number of methoxy groups -OCH3 is 1. The molecule has 0 radical (unpaired) electrons. The van der Waals surface area contributed by atoms with Crippen LogP contribution in [0.3, 0.4) is 0 Å². The molecule has 2 rings (SSSR count). The number of nitriles is 1. The highest BCUT2D eigenvalue weighted by molar-refractivity contribution is 5.81. The first kappa shape index (κ1) is 15.3. The van der Waals surface area contributed by atoms with E-state index >= 15 is 0 Å². The van der Waals surface area contributed by atoms with Crippen LogP contribution in [0.4, 0.5) is 0 Å². The van der Waals surface area contributed by atoms with Gasteiger partial charge in [0.05, 0.1) is 24.1 Å². The van der Waals surface area contributed by atoms with Crippen molar-refractivity contribution < 1.29 is 4.74 Å². The summed E-state index contributed by atoms with van der Waals surface area (Å²) in [5.41, 5.74) is 2.35. The highest BCUT2D eigenvalue weighted by atomic mass is 16.5. The average molecular weight is 283 g/mol. The van der Waals surface area contributed by atoms with Crippen LogP contribution in [0.1, 0.15) is 25.0 Å². The van der Waals surface area contributed by atoms with Crippen molar-refractivity contribution in [2.75, 3.05) is 20.7 Å². The molecule has 2 aromatic rings. The Balaban J connectivity index is 2.58. The van der Waals surface area contributed by atoms with Crippen LogP contribution >= 0.6 is 0 Å². The molecular weight excluding hydrogens is 262 g/mol. The molecule has 4 heteroatoms. The van der Waals surface area contributed by atoms with Crippen LogP contribution in [-0.2, 0) is 11.8 Å². The summed E-state index contributed by atoms with van der Waals surface area (Å²) in [5, 5.41) is 13.6. The lowest BCUT2D eigenvalue weighted by molar-refractivity contribution is 0.395. The number of aryl methyl sites for hydroxylation is 1. The Morgan fingerprint density at radius 1 is 1.38 bits per heavy atom. The van der Waals surface area contributed by atoms with Crippen molar-refractivity contribution in [3.8, 4) is 11.9 Å². The molecule has 0 aliphatic heterocycles. The molecule has 1 aromatic carbocycles. The highest BCUT2D eigenvalue weighted by Crippen LogP contribution is 2.28. The van der Waals surface area contributed by atoms with Gasteiger partial charge in [0.1, 0.15) is 0 Å². The summed E-state index contributed by atoms with van der Waals surface area (Å²) < 4.78 is 5.36. The molecule has 1 heterocycles. The Kier molecular flexibility index (Phi) is 4.44. The fraction of sp³-hybridized carbons (Fsp3) is 0.412. The number of hydrogen-bond acceptors (Lipinski definition) is 4. The van der Waals surface area contributed by atoms with Crippen molar-refractivity contribution in [3.05, 3.63) is 35.4 Å². The molecule has 0 aliphatic carbocycles. The third-order valence-electron chi connectivity index (χ3n) is 3.85. The first-order valence-electron chi connectivity index (χ1n) is 7.12. The molecule has 1 aromatic heterocycles. The predicted molar refractivity (Wildman–Crippen MR) is 84.6 cm³/mol. The van der Waals surface area contributed by atoms with Gasteiger partial charge >= 0.3 is 0 Å². The van der Waals surface area contributed by atoms with E-state index in [1.807, 2.05) is 32.2 Å². The Bertz CT molecular complexity index is 690. The summed E-state index contributed by atoms with van der Waals surface area (Å²) in [7, 11) is 3.49. The predicted octanol–water partition coefficient (Wildman–Crippen LogP) is 2.81. The number of fused-ring (bicyclic) bond motifs is 1. The first-order chi connectivity index (χ1) is 10.1. The summed E-state index contributed by atoms with van der Waals surface area (Å²) >= 11 is 0. The van der Waals surface area contributed by atoms with Gasteiger partial charge < -0.3 is 10.1 Å². The van der Waals surface area contributed by atoms with Gasteiger partial charge in [-0.15, -0.1) is 0 Å². The normalized spacial score (nSPS) is 13.7. The standard InChI is InChI=1S/C17H21N3O/c1-5-12-8-13-6-7-14(17(2,10-18)11-19-3)9-15(13)20-16(12)21-4/h6-9,19H,5,11H2,1-4H3. The molecule has 1 unspecified atom stereocenters. The van der Waals surface area contributed by atoms with Crippen molar-refractivity contribution in [2.45, 2.75) is 25.7 Å². The molecule has 1 atom stereocenters. The number of likely N-dealkylation sites (N-methyl/N-ethyl adjacent to an activating group) is 1. The van der Waals surface area contributed by atoms with Crippen molar-refractivity contribution in [1.82, 2.24) is 10.3 Å². The lowest BCUT2D eigenvalue weighted by atomic mass is 9.83. The van der Waals surface area contributed by atoms with Gasteiger partial charge in [0, 0.05) is 17.5 Å². The van der Waals surface area contributed by atoms with Crippen LogP contribution in [0.2, 0.25) is 0 Å². The Labute approximate surface area is 125 Å². The van der Waals surface area contributed by atoms with Gasteiger partial charge in [-0.05, 0) is 38.1 Å². The van der Waals surface area contributed by atoms with Crippen molar-refractivity contribution in [1.29, 1.82) is 5.26 Å². The smallest absolute Gasteiger partial charge is 0.216 e. The molecular formula is C17H21N3O. The van der Waals surface area contributed by atoms with E-state index in [9.17, 15) is 5.26 Å². The zero-order valence-corrected chi connectivity index (χ0v) is 13.0. The molecule has 0 spiro atoms. The molecule has 0 amide bonds. The number of aromatic nitrogens is 1. The molecule has 1 N–H and O–H groups in total. The van der Waals surface area contributed by atoms with E-state index in [0.717, 1.165) is 28.5 Å². The van der Waals surface area contributed by atoms with Gasteiger partial charge in [-0.1, -0.05) is 19.1 Å². The molecule has 4 nitrogen and oxygen atoms in total. The van der Waals surface area contributed by atoms with Crippen molar-refractivity contribution >= 4 is 10.9 Å². The maximum atomic E-state index is 9.49. The second-order valence-electron chi connectivity index (χ2n) is 5.39. The molecule has 0 saturated heterocycles. The number of nitrogens with one attached hydrogen (secondary N) is 1. The maximum absolute atomic E-state index is 9.49. The zero-order chi connectivity index (χ0) is 15.5. The third-order valence-corrected chi connectivity index (χ3v) is 3.85. The summed E-state index contributed by atoms with van der Waals surface area (Å²) in [5.74, 6) is 0.662. The quantitative estimate of drug-likeness (QED) is 0.916. The fourth-order valence-electron chi connectivity index (χ4n) is 2.53. The summed E-state index contributed by atoms with van der Waals surface area (Å²) in [6.45, 7) is 4.61. The van der Waals surface area contributed by atoms with E-state index in [-0.39, 0.29) is 0 Å². The SMILES string of the molecule is CCc1cc2ccc(C(C)(C#N)CNC)cc2nc1OC. The third kappa shape index (κ3) is 2.84. The van der Waals surface area contributed by atoms with Crippen LogP contribution in [0.15, 0.2) is 24.3 Å². The summed E-state index contributed by atoms with van der Waals surface area (Å²) in [6.07, 6.45) is 0.879. The Morgan fingerprint density at radius 3 is 2.71 bits per heavy atom. The Morgan fingerprint density at radius 2 is 2.14 bits per heavy atom. The number of pyridine rings is 1. The van der Waals surface area contributed by atoms with Gasteiger partial charge in [-0.2, -0.15) is 5.26 Å². The summed E-state index contributed by atoms with van der Waals surface area (Å²) in [6, 6.07) is 10.5. The maximum Gasteiger partial charge on any atom is 0.216 e. The number of benzene rings is 1. The highest BCUT2D eigenvalue weighted by Gasteiger charge is 2.26. The summed E-state index contributed by atoms with van der Waals surface area (Å²) in [4.78, 5) is 4.58. The first-order valence-corrected chi connectivity index (χ1v) is 7.12. The van der Waals surface area contributed by atoms with Crippen LogP contribution in [-0.4, -0.2) is 25.7 Å². The van der Waals surface area contributed by atoms with E-state index in [2.05, 4.69) is 29.4 Å². The number of hydrogen-bond donors (Lipinski definition) is 1. The largest absolute Gasteiger partial charge is 0.481 e. The molecule has 0 fully saturated rings. The van der Waals surface area contributed by atoms with Crippen LogP contribution in [0, 0.1) is 11.3 Å². The minimum Gasteiger partial charge on any atom is -0.481 e. The van der Waals surface area contributed by atoms with Gasteiger partial charge in [0.15, 0.2) is 0 Å². The van der Waals surface area contributed by atoms with E-state index in [4.69, 9.17) is 4.74 Å². The van der Waals surface area contributed by atoms with Gasteiger partial charge in [-0.25, -0.2) is 4.98 Å². The fourth-order valence-corrected chi connectivity index (χ4v) is 2.53. The lowest BCUT2D eigenvalue weighted by Gasteiger charge is -2.22. The molecule has 0 bridgehead atoms. The number of ether oxygens (including phenoxy) is 1. The van der Waals surface area contributed by atoms with Crippen LogP contribution < -0.4 is 10.1 Å². The monoisotopic (exact) mass is 283 g/mol. The topological polar surface area (TPSA) is 57.9 Å². The van der Waals surface area contributed by atoms with Crippen molar-refractivity contribution in [3.63, 3.8) is 0 Å². The molecule has 110 valence electrons. The van der Waals surface area contributed by atoms with Gasteiger partial charge in [-0.3, -0.25) is 0 Å².